The highest BCUT2D eigenvalue weighted by Gasteiger charge is 2.37. The van der Waals surface area contributed by atoms with Crippen molar-refractivity contribution in [1.29, 1.82) is 0 Å². The molecule has 2 nitrogen and oxygen atoms in total. The highest BCUT2D eigenvalue weighted by atomic mass is 16.5. The minimum absolute atomic E-state index is 0.338. The van der Waals surface area contributed by atoms with E-state index < -0.39 is 5.60 Å². The summed E-state index contributed by atoms with van der Waals surface area (Å²) in [4.78, 5) is 0. The average molecular weight is 248 g/mol. The molecular formula is C16H24O2. The van der Waals surface area contributed by atoms with E-state index in [4.69, 9.17) is 4.74 Å². The fraction of sp³-hybridized carbons (Fsp3) is 0.625. The molecule has 0 saturated heterocycles. The van der Waals surface area contributed by atoms with E-state index in [1.54, 1.807) is 7.11 Å². The van der Waals surface area contributed by atoms with Crippen molar-refractivity contribution < 1.29 is 9.84 Å². The Bertz CT molecular complexity index is 390. The Hall–Kier alpha value is -1.02. The monoisotopic (exact) mass is 248 g/mol. The zero-order valence-corrected chi connectivity index (χ0v) is 11.6. The third-order valence-electron chi connectivity index (χ3n) is 4.46. The molecule has 1 atom stereocenters. The van der Waals surface area contributed by atoms with E-state index in [9.17, 15) is 5.11 Å². The van der Waals surface area contributed by atoms with Crippen molar-refractivity contribution in [2.45, 2.75) is 45.1 Å². The van der Waals surface area contributed by atoms with Gasteiger partial charge < -0.3 is 9.84 Å². The van der Waals surface area contributed by atoms with Crippen LogP contribution in [0.3, 0.4) is 0 Å². The van der Waals surface area contributed by atoms with Crippen LogP contribution in [0.4, 0.5) is 0 Å². The van der Waals surface area contributed by atoms with E-state index in [0.717, 1.165) is 30.1 Å². The van der Waals surface area contributed by atoms with Crippen molar-refractivity contribution in [3.05, 3.63) is 29.8 Å². The Kier molecular flexibility index (Phi) is 3.96. The maximum atomic E-state index is 10.9. The zero-order chi connectivity index (χ0) is 13.2. The summed E-state index contributed by atoms with van der Waals surface area (Å²) in [7, 11) is 1.66. The van der Waals surface area contributed by atoms with Crippen molar-refractivity contribution in [2.24, 2.45) is 11.8 Å². The summed E-state index contributed by atoms with van der Waals surface area (Å²) in [6.45, 7) is 4.24. The molecule has 1 aromatic rings. The van der Waals surface area contributed by atoms with Crippen LogP contribution in [-0.2, 0) is 5.60 Å². The lowest BCUT2D eigenvalue weighted by Gasteiger charge is -2.38. The Labute approximate surface area is 110 Å². The molecular weight excluding hydrogens is 224 g/mol. The molecule has 0 amide bonds. The molecule has 1 aromatic carbocycles. The maximum absolute atomic E-state index is 10.9. The molecule has 0 spiro atoms. The highest BCUT2D eigenvalue weighted by Crippen LogP contribution is 2.43. The molecule has 0 heterocycles. The second kappa shape index (κ2) is 5.31. The summed E-state index contributed by atoms with van der Waals surface area (Å²) in [5, 5.41) is 10.9. The quantitative estimate of drug-likeness (QED) is 0.883. The molecule has 0 aliphatic heterocycles. The Morgan fingerprint density at radius 3 is 2.39 bits per heavy atom. The van der Waals surface area contributed by atoms with E-state index in [1.807, 2.05) is 31.2 Å². The topological polar surface area (TPSA) is 29.5 Å². The van der Waals surface area contributed by atoms with Crippen molar-refractivity contribution >= 4 is 0 Å². The standard InChI is InChI=1S/C16H24O2/c1-12-8-10-13(11-9-12)16(2,17)14-6-4-5-7-15(14)18-3/h4-7,12-13,17H,8-11H2,1-3H3. The van der Waals surface area contributed by atoms with Crippen LogP contribution in [0.5, 0.6) is 5.75 Å². The Morgan fingerprint density at radius 1 is 1.17 bits per heavy atom. The van der Waals surface area contributed by atoms with E-state index in [2.05, 4.69) is 6.92 Å². The molecule has 1 N–H and O–H groups in total. The van der Waals surface area contributed by atoms with E-state index in [1.165, 1.54) is 12.8 Å². The first-order chi connectivity index (χ1) is 8.55. The number of benzene rings is 1. The Balaban J connectivity index is 2.24. The second-order valence-corrected chi connectivity index (χ2v) is 5.80. The molecule has 18 heavy (non-hydrogen) atoms. The molecule has 100 valence electrons. The summed E-state index contributed by atoms with van der Waals surface area (Å²) < 4.78 is 5.38. The minimum atomic E-state index is -0.785. The lowest BCUT2D eigenvalue weighted by atomic mass is 9.72. The van der Waals surface area contributed by atoms with Crippen LogP contribution in [0.2, 0.25) is 0 Å². The molecule has 0 bridgehead atoms. The zero-order valence-electron chi connectivity index (χ0n) is 11.6. The molecule has 2 rings (SSSR count). The van der Waals surface area contributed by atoms with Gasteiger partial charge in [-0.1, -0.05) is 38.0 Å². The summed E-state index contributed by atoms with van der Waals surface area (Å²) in [6, 6.07) is 7.82. The predicted octanol–water partition coefficient (Wildman–Crippen LogP) is 3.73. The van der Waals surface area contributed by atoms with Gasteiger partial charge in [-0.05, 0) is 37.7 Å². The summed E-state index contributed by atoms with van der Waals surface area (Å²) in [5.41, 5.74) is 0.138. The van der Waals surface area contributed by atoms with Gasteiger partial charge in [0.25, 0.3) is 0 Å². The van der Waals surface area contributed by atoms with Crippen molar-refractivity contribution in [1.82, 2.24) is 0 Å². The number of rotatable bonds is 3. The van der Waals surface area contributed by atoms with Gasteiger partial charge in [-0.25, -0.2) is 0 Å². The van der Waals surface area contributed by atoms with Gasteiger partial charge in [-0.2, -0.15) is 0 Å². The Morgan fingerprint density at radius 2 is 1.78 bits per heavy atom. The largest absolute Gasteiger partial charge is 0.496 e. The van der Waals surface area contributed by atoms with Crippen LogP contribution in [0.25, 0.3) is 0 Å². The second-order valence-electron chi connectivity index (χ2n) is 5.80. The fourth-order valence-corrected chi connectivity index (χ4v) is 3.10. The highest BCUT2D eigenvalue weighted by molar-refractivity contribution is 5.38. The third-order valence-corrected chi connectivity index (χ3v) is 4.46. The molecule has 1 unspecified atom stereocenters. The van der Waals surface area contributed by atoms with Gasteiger partial charge in [-0.3, -0.25) is 0 Å². The lowest BCUT2D eigenvalue weighted by Crippen LogP contribution is -2.34. The van der Waals surface area contributed by atoms with Crippen LogP contribution in [0.1, 0.15) is 45.1 Å². The number of methoxy groups -OCH3 is 1. The first-order valence-electron chi connectivity index (χ1n) is 6.91. The molecule has 0 radical (unpaired) electrons. The fourth-order valence-electron chi connectivity index (χ4n) is 3.10. The summed E-state index contributed by atoms with van der Waals surface area (Å²) in [5.74, 6) is 1.93. The normalized spacial score (nSPS) is 27.6. The van der Waals surface area contributed by atoms with E-state index in [-0.39, 0.29) is 0 Å². The van der Waals surface area contributed by atoms with Crippen LogP contribution in [-0.4, -0.2) is 12.2 Å². The summed E-state index contributed by atoms with van der Waals surface area (Å²) >= 11 is 0. The van der Waals surface area contributed by atoms with Gasteiger partial charge in [0, 0.05) is 5.56 Å². The van der Waals surface area contributed by atoms with Gasteiger partial charge in [0.2, 0.25) is 0 Å². The summed E-state index contributed by atoms with van der Waals surface area (Å²) in [6.07, 6.45) is 4.64. The molecule has 0 aromatic heterocycles. The number of hydrogen-bond acceptors (Lipinski definition) is 2. The average Bonchev–Trinajstić information content (AvgIpc) is 2.39. The molecule has 1 fully saturated rings. The molecule has 2 heteroatoms. The predicted molar refractivity (Wildman–Crippen MR) is 73.7 cm³/mol. The maximum Gasteiger partial charge on any atom is 0.124 e. The first-order valence-corrected chi connectivity index (χ1v) is 6.91. The van der Waals surface area contributed by atoms with Crippen LogP contribution in [0, 0.1) is 11.8 Å². The van der Waals surface area contributed by atoms with Gasteiger partial charge >= 0.3 is 0 Å². The van der Waals surface area contributed by atoms with Crippen molar-refractivity contribution in [3.63, 3.8) is 0 Å². The smallest absolute Gasteiger partial charge is 0.124 e. The van der Waals surface area contributed by atoms with Gasteiger partial charge in [-0.15, -0.1) is 0 Å². The van der Waals surface area contributed by atoms with E-state index in [0.29, 0.717) is 5.92 Å². The van der Waals surface area contributed by atoms with Gasteiger partial charge in [0.1, 0.15) is 5.75 Å². The van der Waals surface area contributed by atoms with E-state index >= 15 is 0 Å². The lowest BCUT2D eigenvalue weighted by molar-refractivity contribution is -0.0280. The SMILES string of the molecule is COc1ccccc1C(C)(O)C1CCC(C)CC1. The molecule has 1 aliphatic carbocycles. The first kappa shape index (κ1) is 13.4. The third kappa shape index (κ3) is 2.54. The van der Waals surface area contributed by atoms with Gasteiger partial charge in [0.15, 0.2) is 0 Å². The van der Waals surface area contributed by atoms with Crippen molar-refractivity contribution in [2.75, 3.05) is 7.11 Å². The van der Waals surface area contributed by atoms with Crippen molar-refractivity contribution in [3.8, 4) is 5.75 Å². The van der Waals surface area contributed by atoms with Crippen LogP contribution < -0.4 is 4.74 Å². The number of hydrogen-bond donors (Lipinski definition) is 1. The number of aliphatic hydroxyl groups is 1. The van der Waals surface area contributed by atoms with Crippen LogP contribution in [0.15, 0.2) is 24.3 Å². The van der Waals surface area contributed by atoms with Crippen LogP contribution >= 0.6 is 0 Å². The number of para-hydroxylation sites is 1. The number of ether oxygens (including phenoxy) is 1. The molecule has 1 aliphatic rings. The van der Waals surface area contributed by atoms with Gasteiger partial charge in [0.05, 0.1) is 12.7 Å². The molecule has 1 saturated carbocycles. The minimum Gasteiger partial charge on any atom is -0.496 e.